The van der Waals surface area contributed by atoms with E-state index >= 15 is 0 Å². The lowest BCUT2D eigenvalue weighted by Gasteiger charge is -2.12. The van der Waals surface area contributed by atoms with E-state index in [1.54, 1.807) is 48.8 Å². The average Bonchev–Trinajstić information content (AvgIpc) is 2.70. The molecule has 28 heavy (non-hydrogen) atoms. The van der Waals surface area contributed by atoms with Crippen molar-refractivity contribution in [1.29, 1.82) is 0 Å². The number of benzene rings is 2. The second kappa shape index (κ2) is 8.26. The van der Waals surface area contributed by atoms with Gasteiger partial charge in [0.2, 0.25) is 11.7 Å². The number of rotatable bonds is 6. The number of phenolic OH excluding ortho intramolecular Hbond substituents is 2. The molecular formula is C20H20N4O4. The van der Waals surface area contributed by atoms with Crippen LogP contribution in [-0.2, 0) is 6.42 Å². The van der Waals surface area contributed by atoms with Crippen LogP contribution < -0.4 is 15.2 Å². The highest BCUT2D eigenvalue weighted by atomic mass is 16.5. The summed E-state index contributed by atoms with van der Waals surface area (Å²) in [5, 5.41) is 19.4. The molecule has 3 aromatic rings. The third kappa shape index (κ3) is 4.29. The van der Waals surface area contributed by atoms with Crippen LogP contribution in [0.15, 0.2) is 47.6 Å². The van der Waals surface area contributed by atoms with Crippen molar-refractivity contribution in [3.8, 4) is 23.0 Å². The molecule has 0 saturated heterocycles. The number of nitrogens with two attached hydrogens (primary N) is 1. The number of phenols is 2. The van der Waals surface area contributed by atoms with Crippen LogP contribution in [-0.4, -0.2) is 40.6 Å². The van der Waals surface area contributed by atoms with E-state index in [2.05, 4.69) is 15.0 Å². The van der Waals surface area contributed by atoms with Gasteiger partial charge in [-0.2, -0.15) is 4.98 Å². The normalized spacial score (nSPS) is 10.9. The highest BCUT2D eigenvalue weighted by molar-refractivity contribution is 5.82. The first-order valence-corrected chi connectivity index (χ1v) is 8.38. The molecule has 0 saturated carbocycles. The molecule has 0 atom stereocenters. The smallest absolute Gasteiger partial charge is 0.222 e. The van der Waals surface area contributed by atoms with Gasteiger partial charge in [0.15, 0.2) is 17.3 Å². The molecule has 0 bridgehead atoms. The Balaban J connectivity index is 1.94. The maximum atomic E-state index is 10.1. The van der Waals surface area contributed by atoms with Gasteiger partial charge in [-0.05, 0) is 47.5 Å². The van der Waals surface area contributed by atoms with E-state index < -0.39 is 0 Å². The fourth-order valence-corrected chi connectivity index (χ4v) is 2.61. The minimum absolute atomic E-state index is 0.0621. The zero-order chi connectivity index (χ0) is 20.1. The van der Waals surface area contributed by atoms with E-state index in [9.17, 15) is 10.2 Å². The summed E-state index contributed by atoms with van der Waals surface area (Å²) in [7, 11) is 2.94. The molecule has 0 unspecified atom stereocenters. The number of nitrogens with zero attached hydrogens (tertiary/aromatic N) is 3. The molecule has 0 aliphatic heterocycles. The number of methoxy groups -OCH3 is 2. The molecule has 8 nitrogen and oxygen atoms in total. The minimum Gasteiger partial charge on any atom is -0.508 e. The molecule has 0 radical (unpaired) electrons. The Morgan fingerprint density at radius 3 is 2.32 bits per heavy atom. The predicted molar refractivity (Wildman–Crippen MR) is 106 cm³/mol. The number of hydrogen-bond acceptors (Lipinski definition) is 8. The lowest BCUT2D eigenvalue weighted by Crippen LogP contribution is -2.00. The molecule has 0 amide bonds. The fourth-order valence-electron chi connectivity index (χ4n) is 2.61. The second-order valence-corrected chi connectivity index (χ2v) is 5.95. The number of nitrogen functional groups attached to an aromatic ring is 1. The molecule has 8 heteroatoms. The van der Waals surface area contributed by atoms with Gasteiger partial charge in [-0.3, -0.25) is 0 Å². The van der Waals surface area contributed by atoms with Crippen LogP contribution in [0.1, 0.15) is 16.7 Å². The highest BCUT2D eigenvalue weighted by Gasteiger charge is 2.13. The van der Waals surface area contributed by atoms with Gasteiger partial charge in [0.1, 0.15) is 5.75 Å². The van der Waals surface area contributed by atoms with Crippen molar-refractivity contribution in [2.24, 2.45) is 4.99 Å². The van der Waals surface area contributed by atoms with E-state index in [1.165, 1.54) is 14.2 Å². The number of hydrogen-bond donors (Lipinski definition) is 3. The van der Waals surface area contributed by atoms with E-state index in [1.807, 2.05) is 0 Å². The first-order chi connectivity index (χ1) is 13.5. The topological polar surface area (TPSA) is 123 Å². The van der Waals surface area contributed by atoms with Crippen molar-refractivity contribution in [2.75, 3.05) is 20.0 Å². The van der Waals surface area contributed by atoms with Crippen molar-refractivity contribution < 1.29 is 19.7 Å². The van der Waals surface area contributed by atoms with E-state index in [0.29, 0.717) is 23.7 Å². The van der Waals surface area contributed by atoms with Crippen LogP contribution in [0.25, 0.3) is 0 Å². The molecule has 1 aromatic heterocycles. The Hall–Kier alpha value is -3.81. The minimum atomic E-state index is -0.0621. The Morgan fingerprint density at radius 1 is 1.07 bits per heavy atom. The maximum absolute atomic E-state index is 10.1. The summed E-state index contributed by atoms with van der Waals surface area (Å²) >= 11 is 0. The molecule has 4 N–H and O–H groups in total. The third-order valence-electron chi connectivity index (χ3n) is 4.02. The second-order valence-electron chi connectivity index (χ2n) is 5.95. The van der Waals surface area contributed by atoms with Gasteiger partial charge in [0, 0.05) is 24.4 Å². The SMILES string of the molecule is COc1cc(Cc2cnc(N)nc2N=Cc2ccc(O)cc2)cc(OC)c1O. The Labute approximate surface area is 161 Å². The lowest BCUT2D eigenvalue weighted by molar-refractivity contribution is 0.339. The van der Waals surface area contributed by atoms with Crippen molar-refractivity contribution in [3.63, 3.8) is 0 Å². The van der Waals surface area contributed by atoms with Gasteiger partial charge in [0.25, 0.3) is 0 Å². The average molecular weight is 380 g/mol. The van der Waals surface area contributed by atoms with E-state index in [0.717, 1.165) is 16.7 Å². The van der Waals surface area contributed by atoms with Gasteiger partial charge in [-0.15, -0.1) is 0 Å². The van der Waals surface area contributed by atoms with E-state index in [4.69, 9.17) is 15.2 Å². The van der Waals surface area contributed by atoms with Gasteiger partial charge < -0.3 is 25.4 Å². The molecule has 3 rings (SSSR count). The van der Waals surface area contributed by atoms with Crippen LogP contribution >= 0.6 is 0 Å². The van der Waals surface area contributed by atoms with Crippen molar-refractivity contribution >= 4 is 18.0 Å². The number of aromatic hydroxyl groups is 2. The van der Waals surface area contributed by atoms with Gasteiger partial charge in [-0.25, -0.2) is 9.98 Å². The number of aliphatic imine (C=N–C) groups is 1. The van der Waals surface area contributed by atoms with Crippen LogP contribution in [0.4, 0.5) is 11.8 Å². The molecule has 144 valence electrons. The Kier molecular flexibility index (Phi) is 5.59. The standard InChI is InChI=1S/C20H20N4O4/c1-27-16-8-13(9-17(28-2)18(16)26)7-14-11-23-20(21)24-19(14)22-10-12-3-5-15(25)6-4-12/h3-6,8-11,25-26H,7H2,1-2H3,(H2,21,23,24). The van der Waals surface area contributed by atoms with Crippen molar-refractivity contribution in [1.82, 2.24) is 9.97 Å². The first-order valence-electron chi connectivity index (χ1n) is 8.38. The maximum Gasteiger partial charge on any atom is 0.222 e. The molecule has 0 aliphatic carbocycles. The lowest BCUT2D eigenvalue weighted by atomic mass is 10.1. The van der Waals surface area contributed by atoms with Crippen molar-refractivity contribution in [2.45, 2.75) is 6.42 Å². The summed E-state index contributed by atoms with van der Waals surface area (Å²) in [4.78, 5) is 12.7. The number of aromatic nitrogens is 2. The largest absolute Gasteiger partial charge is 0.508 e. The molecule has 0 spiro atoms. The zero-order valence-electron chi connectivity index (χ0n) is 15.5. The van der Waals surface area contributed by atoms with Crippen LogP contribution in [0.3, 0.4) is 0 Å². The van der Waals surface area contributed by atoms with Gasteiger partial charge >= 0.3 is 0 Å². The van der Waals surface area contributed by atoms with Crippen LogP contribution in [0.2, 0.25) is 0 Å². The molecule has 2 aromatic carbocycles. The Morgan fingerprint density at radius 2 is 1.71 bits per heavy atom. The van der Waals surface area contributed by atoms with Crippen LogP contribution in [0, 0.1) is 0 Å². The monoisotopic (exact) mass is 380 g/mol. The molecule has 0 fully saturated rings. The first kappa shape index (κ1) is 19.0. The summed E-state index contributed by atoms with van der Waals surface area (Å²) in [6.07, 6.45) is 3.66. The predicted octanol–water partition coefficient (Wildman–Crippen LogP) is 2.83. The summed E-state index contributed by atoms with van der Waals surface area (Å²) < 4.78 is 10.4. The summed E-state index contributed by atoms with van der Waals surface area (Å²) in [6, 6.07) is 10.0. The molecule has 0 aliphatic rings. The summed E-state index contributed by atoms with van der Waals surface area (Å²) in [5.74, 6) is 1.26. The third-order valence-corrected chi connectivity index (χ3v) is 4.02. The number of anilines is 1. The zero-order valence-corrected chi connectivity index (χ0v) is 15.5. The quantitative estimate of drug-likeness (QED) is 0.562. The summed E-state index contributed by atoms with van der Waals surface area (Å²) in [5.41, 5.74) is 8.07. The fraction of sp³-hybridized carbons (Fsp3) is 0.150. The molecule has 1 heterocycles. The highest BCUT2D eigenvalue weighted by Crippen LogP contribution is 2.38. The van der Waals surface area contributed by atoms with Gasteiger partial charge in [0.05, 0.1) is 14.2 Å². The Bertz CT molecular complexity index is 979. The number of ether oxygens (including phenoxy) is 2. The van der Waals surface area contributed by atoms with Crippen LogP contribution in [0.5, 0.6) is 23.0 Å². The van der Waals surface area contributed by atoms with Gasteiger partial charge in [-0.1, -0.05) is 0 Å². The van der Waals surface area contributed by atoms with E-state index in [-0.39, 0.29) is 17.4 Å². The molecular weight excluding hydrogens is 360 g/mol. The summed E-state index contributed by atoms with van der Waals surface area (Å²) in [6.45, 7) is 0. The van der Waals surface area contributed by atoms with Crippen molar-refractivity contribution in [3.05, 3.63) is 59.3 Å².